The van der Waals surface area contributed by atoms with E-state index in [1.807, 2.05) is 37.0 Å². The summed E-state index contributed by atoms with van der Waals surface area (Å²) in [4.78, 5) is 13.3. The molecule has 2 aromatic heterocycles. The van der Waals surface area contributed by atoms with Gasteiger partial charge in [-0.25, -0.2) is 15.0 Å². The Hall–Kier alpha value is -1.75. The number of hydrogen-bond donors (Lipinski definition) is 1. The molecule has 114 valence electrons. The molecule has 0 saturated carbocycles. The predicted octanol–water partition coefficient (Wildman–Crippen LogP) is 2.80. The summed E-state index contributed by atoms with van der Waals surface area (Å²) < 4.78 is 2.02. The molecular formula is C16H24N4O. The number of nitrogens with zero attached hydrogens (tertiary/aromatic N) is 4. The molecule has 0 radical (unpaired) electrons. The van der Waals surface area contributed by atoms with Gasteiger partial charge in [0.1, 0.15) is 11.6 Å². The summed E-state index contributed by atoms with van der Waals surface area (Å²) in [5.41, 5.74) is 0.145. The third-order valence-corrected chi connectivity index (χ3v) is 3.26. The Morgan fingerprint density at radius 1 is 1.05 bits per heavy atom. The van der Waals surface area contributed by atoms with E-state index < -0.39 is 5.60 Å². The first-order valence-corrected chi connectivity index (χ1v) is 7.23. The molecule has 0 aliphatic carbocycles. The molecule has 0 unspecified atom stereocenters. The van der Waals surface area contributed by atoms with Gasteiger partial charge in [0.25, 0.3) is 0 Å². The van der Waals surface area contributed by atoms with E-state index in [0.29, 0.717) is 13.0 Å². The Morgan fingerprint density at radius 3 is 2.19 bits per heavy atom. The fraction of sp³-hybridized carbons (Fsp3) is 0.562. The van der Waals surface area contributed by atoms with Crippen molar-refractivity contribution in [3.05, 3.63) is 30.6 Å². The van der Waals surface area contributed by atoms with Crippen LogP contribution in [0, 0.1) is 0 Å². The van der Waals surface area contributed by atoms with Crippen LogP contribution in [0.2, 0.25) is 0 Å². The van der Waals surface area contributed by atoms with Crippen LogP contribution in [-0.2, 0) is 12.0 Å². The van der Waals surface area contributed by atoms with Crippen molar-refractivity contribution in [1.29, 1.82) is 0 Å². The number of hydrogen-bond acceptors (Lipinski definition) is 4. The van der Waals surface area contributed by atoms with Gasteiger partial charge in [-0.1, -0.05) is 20.8 Å². The molecule has 21 heavy (non-hydrogen) atoms. The molecule has 0 aliphatic heterocycles. The number of aromatic nitrogens is 4. The van der Waals surface area contributed by atoms with Crippen molar-refractivity contribution in [2.24, 2.45) is 0 Å². The highest BCUT2D eigenvalue weighted by atomic mass is 16.3. The van der Waals surface area contributed by atoms with E-state index >= 15 is 0 Å². The molecule has 0 amide bonds. The molecule has 0 bridgehead atoms. The van der Waals surface area contributed by atoms with Crippen LogP contribution in [0.1, 0.15) is 46.9 Å². The predicted molar refractivity (Wildman–Crippen MR) is 82.9 cm³/mol. The first-order chi connectivity index (χ1) is 9.67. The van der Waals surface area contributed by atoms with Gasteiger partial charge >= 0.3 is 0 Å². The lowest BCUT2D eigenvalue weighted by Crippen LogP contribution is -2.21. The summed E-state index contributed by atoms with van der Waals surface area (Å²) in [6.07, 6.45) is 7.97. The lowest BCUT2D eigenvalue weighted by Gasteiger charge is -2.18. The molecule has 5 heteroatoms. The van der Waals surface area contributed by atoms with Crippen LogP contribution in [0.4, 0.5) is 0 Å². The number of aryl methyl sites for hydroxylation is 1. The molecule has 2 rings (SSSR count). The Balaban J connectivity index is 2.21. The fourth-order valence-corrected chi connectivity index (χ4v) is 1.97. The zero-order valence-corrected chi connectivity index (χ0v) is 13.5. The summed E-state index contributed by atoms with van der Waals surface area (Å²) in [5, 5.41) is 9.85. The Kier molecular flexibility index (Phi) is 4.14. The van der Waals surface area contributed by atoms with Gasteiger partial charge in [0.2, 0.25) is 0 Å². The van der Waals surface area contributed by atoms with Gasteiger partial charge in [-0.3, -0.25) is 0 Å². The zero-order chi connectivity index (χ0) is 15.7. The van der Waals surface area contributed by atoms with Crippen LogP contribution >= 0.6 is 0 Å². The average molecular weight is 288 g/mol. The van der Waals surface area contributed by atoms with Crippen molar-refractivity contribution >= 4 is 0 Å². The molecule has 2 heterocycles. The van der Waals surface area contributed by atoms with E-state index in [1.165, 1.54) is 0 Å². The first kappa shape index (κ1) is 15.6. The standard InChI is InChI=1S/C16H24N4O/c1-15(2,3)14-18-10-12(11-19-14)13-17-7-9-20(13)8-6-16(4,5)21/h7,9-11,21H,6,8H2,1-5H3. The Labute approximate surface area is 126 Å². The summed E-state index contributed by atoms with van der Waals surface area (Å²) in [6, 6.07) is 0. The van der Waals surface area contributed by atoms with Crippen LogP contribution in [-0.4, -0.2) is 30.2 Å². The first-order valence-electron chi connectivity index (χ1n) is 7.23. The quantitative estimate of drug-likeness (QED) is 0.939. The molecule has 0 aromatic carbocycles. The van der Waals surface area contributed by atoms with Gasteiger partial charge in [-0.15, -0.1) is 0 Å². The maximum absolute atomic E-state index is 9.85. The van der Waals surface area contributed by atoms with Crippen LogP contribution in [0.15, 0.2) is 24.8 Å². The highest BCUT2D eigenvalue weighted by Crippen LogP contribution is 2.21. The SMILES string of the molecule is CC(C)(O)CCn1ccnc1-c1cnc(C(C)(C)C)nc1. The molecule has 0 atom stereocenters. The monoisotopic (exact) mass is 288 g/mol. The summed E-state index contributed by atoms with van der Waals surface area (Å²) in [7, 11) is 0. The van der Waals surface area contributed by atoms with Crippen molar-refractivity contribution in [3.63, 3.8) is 0 Å². The third kappa shape index (κ3) is 4.11. The molecular weight excluding hydrogens is 264 g/mol. The second kappa shape index (κ2) is 5.56. The van der Waals surface area contributed by atoms with Gasteiger partial charge in [0, 0.05) is 36.7 Å². The van der Waals surface area contributed by atoms with E-state index in [9.17, 15) is 5.11 Å². The molecule has 0 saturated heterocycles. The van der Waals surface area contributed by atoms with E-state index in [-0.39, 0.29) is 5.41 Å². The maximum atomic E-state index is 9.85. The highest BCUT2D eigenvalue weighted by molar-refractivity contribution is 5.52. The Bertz CT molecular complexity index is 588. The second-order valence-corrected chi connectivity index (χ2v) is 7.05. The van der Waals surface area contributed by atoms with Gasteiger partial charge in [0.15, 0.2) is 0 Å². The van der Waals surface area contributed by atoms with E-state index in [0.717, 1.165) is 17.2 Å². The molecule has 2 aromatic rings. The topological polar surface area (TPSA) is 63.8 Å². The lowest BCUT2D eigenvalue weighted by atomic mass is 9.96. The molecule has 1 N–H and O–H groups in total. The third-order valence-electron chi connectivity index (χ3n) is 3.26. The number of imidazole rings is 1. The minimum Gasteiger partial charge on any atom is -0.390 e. The second-order valence-electron chi connectivity index (χ2n) is 7.05. The van der Waals surface area contributed by atoms with Crippen molar-refractivity contribution < 1.29 is 5.11 Å². The van der Waals surface area contributed by atoms with Gasteiger partial charge in [-0.2, -0.15) is 0 Å². The molecule has 0 aliphatic rings. The molecule has 0 fully saturated rings. The largest absolute Gasteiger partial charge is 0.390 e. The fourth-order valence-electron chi connectivity index (χ4n) is 1.97. The minimum atomic E-state index is -0.686. The lowest BCUT2D eigenvalue weighted by molar-refractivity contribution is 0.0663. The van der Waals surface area contributed by atoms with E-state index in [4.69, 9.17) is 0 Å². The highest BCUT2D eigenvalue weighted by Gasteiger charge is 2.18. The maximum Gasteiger partial charge on any atom is 0.143 e. The number of rotatable bonds is 4. The van der Waals surface area contributed by atoms with E-state index in [2.05, 4.69) is 35.7 Å². The molecule has 5 nitrogen and oxygen atoms in total. The van der Waals surface area contributed by atoms with Crippen LogP contribution in [0.25, 0.3) is 11.4 Å². The Morgan fingerprint density at radius 2 is 1.67 bits per heavy atom. The molecule has 0 spiro atoms. The number of aliphatic hydroxyl groups is 1. The zero-order valence-electron chi connectivity index (χ0n) is 13.5. The minimum absolute atomic E-state index is 0.0606. The van der Waals surface area contributed by atoms with Crippen LogP contribution in [0.3, 0.4) is 0 Å². The summed E-state index contributed by atoms with van der Waals surface area (Å²) in [6.45, 7) is 10.6. The average Bonchev–Trinajstić information content (AvgIpc) is 2.83. The summed E-state index contributed by atoms with van der Waals surface area (Å²) >= 11 is 0. The smallest absolute Gasteiger partial charge is 0.143 e. The van der Waals surface area contributed by atoms with Gasteiger partial charge in [0.05, 0.1) is 11.2 Å². The van der Waals surface area contributed by atoms with Crippen molar-refractivity contribution in [2.75, 3.05) is 0 Å². The van der Waals surface area contributed by atoms with Gasteiger partial charge < -0.3 is 9.67 Å². The van der Waals surface area contributed by atoms with Crippen molar-refractivity contribution in [3.8, 4) is 11.4 Å². The summed E-state index contributed by atoms with van der Waals surface area (Å²) in [5.74, 6) is 1.65. The van der Waals surface area contributed by atoms with Crippen LogP contribution < -0.4 is 0 Å². The van der Waals surface area contributed by atoms with Crippen LogP contribution in [0.5, 0.6) is 0 Å². The normalized spacial score (nSPS) is 12.7. The van der Waals surface area contributed by atoms with Gasteiger partial charge in [-0.05, 0) is 20.3 Å². The van der Waals surface area contributed by atoms with E-state index in [1.54, 1.807) is 6.20 Å². The van der Waals surface area contributed by atoms with Crippen molar-refractivity contribution in [1.82, 2.24) is 19.5 Å². The van der Waals surface area contributed by atoms with Crippen molar-refractivity contribution in [2.45, 2.75) is 58.6 Å².